The van der Waals surface area contributed by atoms with Gasteiger partial charge in [0.2, 0.25) is 0 Å². The van der Waals surface area contributed by atoms with E-state index in [1.54, 1.807) is 7.11 Å². The molecule has 0 saturated carbocycles. The van der Waals surface area contributed by atoms with Gasteiger partial charge in [-0.25, -0.2) is 4.79 Å². The number of ether oxygens (including phenoxy) is 2. The molecule has 0 bridgehead atoms. The van der Waals surface area contributed by atoms with Gasteiger partial charge < -0.3 is 28.6 Å². The second-order valence-corrected chi connectivity index (χ2v) is 18.7. The number of nitrogens with zero attached hydrogens (tertiary/aromatic N) is 2. The SMILES string of the molecule is COC[C@@H]1CCCN1C[Si](C)(C)[C@H](C[C@@H]1CCCN1C(=O)OC(C)(C)C)B1OC(C)(C)C(C)(C)O1. The average Bonchev–Trinajstić information content (AvgIpc) is 3.37. The second-order valence-electron chi connectivity index (χ2n) is 13.6. The number of hydrogen-bond acceptors (Lipinski definition) is 6. The number of amides is 1. The van der Waals surface area contributed by atoms with Crippen molar-refractivity contribution in [2.45, 2.75) is 128 Å². The van der Waals surface area contributed by atoms with Crippen LogP contribution in [0.3, 0.4) is 0 Å². The molecule has 0 radical (unpaired) electrons. The average molecular weight is 511 g/mol. The summed E-state index contributed by atoms with van der Waals surface area (Å²) < 4.78 is 24.7. The maximum absolute atomic E-state index is 13.1. The highest BCUT2D eigenvalue weighted by molar-refractivity contribution is 6.88. The molecule has 0 aromatic carbocycles. The van der Waals surface area contributed by atoms with Crippen LogP contribution >= 0.6 is 0 Å². The van der Waals surface area contributed by atoms with Gasteiger partial charge in [-0.05, 0) is 98.7 Å². The Bertz CT molecular complexity index is 726. The lowest BCUT2D eigenvalue weighted by atomic mass is 9.79. The summed E-state index contributed by atoms with van der Waals surface area (Å²) in [4.78, 5) is 17.7. The fraction of sp³-hybridized carbons (Fsp3) is 0.962. The van der Waals surface area contributed by atoms with Crippen LogP contribution < -0.4 is 0 Å². The van der Waals surface area contributed by atoms with Crippen LogP contribution in [-0.4, -0.2) is 92.9 Å². The summed E-state index contributed by atoms with van der Waals surface area (Å²) in [7, 11) is -0.351. The highest BCUT2D eigenvalue weighted by Crippen LogP contribution is 2.45. The predicted molar refractivity (Wildman–Crippen MR) is 144 cm³/mol. The molecule has 0 aromatic heterocycles. The maximum atomic E-state index is 13.1. The highest BCUT2D eigenvalue weighted by Gasteiger charge is 2.58. The van der Waals surface area contributed by atoms with E-state index in [0.29, 0.717) is 6.04 Å². The summed E-state index contributed by atoms with van der Waals surface area (Å²) in [5, 5.41) is 0. The van der Waals surface area contributed by atoms with Crippen LogP contribution in [0.15, 0.2) is 0 Å². The summed E-state index contributed by atoms with van der Waals surface area (Å²) >= 11 is 0. The van der Waals surface area contributed by atoms with Crippen LogP contribution in [0.5, 0.6) is 0 Å². The lowest BCUT2D eigenvalue weighted by Crippen LogP contribution is -2.54. The van der Waals surface area contributed by atoms with Gasteiger partial charge in [-0.2, -0.15) is 0 Å². The molecule has 3 rings (SSSR count). The van der Waals surface area contributed by atoms with Crippen molar-refractivity contribution in [2.75, 3.05) is 33.0 Å². The zero-order chi connectivity index (χ0) is 26.2. The Labute approximate surface area is 215 Å². The van der Waals surface area contributed by atoms with Crippen LogP contribution in [0.2, 0.25) is 18.5 Å². The first-order valence-electron chi connectivity index (χ1n) is 13.6. The first kappa shape index (κ1) is 29.0. The van der Waals surface area contributed by atoms with Crippen LogP contribution in [0.1, 0.15) is 80.6 Å². The van der Waals surface area contributed by atoms with Gasteiger partial charge in [0, 0.05) is 25.7 Å². The number of hydrogen-bond donors (Lipinski definition) is 0. The molecule has 0 unspecified atom stereocenters. The van der Waals surface area contributed by atoms with Gasteiger partial charge in [0.15, 0.2) is 0 Å². The maximum Gasteiger partial charge on any atom is 0.458 e. The zero-order valence-electron chi connectivity index (χ0n) is 24.1. The third-order valence-electron chi connectivity index (χ3n) is 8.60. The van der Waals surface area contributed by atoms with Gasteiger partial charge in [-0.15, -0.1) is 0 Å². The molecule has 1 amide bonds. The quantitative estimate of drug-likeness (QED) is 0.422. The summed E-state index contributed by atoms with van der Waals surface area (Å²) in [6.07, 6.45) is 6.27. The van der Waals surface area contributed by atoms with Crippen LogP contribution in [0.4, 0.5) is 4.79 Å². The molecule has 9 heteroatoms. The molecule has 3 heterocycles. The Hall–Kier alpha value is -0.608. The van der Waals surface area contributed by atoms with Crippen molar-refractivity contribution in [1.82, 2.24) is 9.80 Å². The summed E-state index contributed by atoms with van der Waals surface area (Å²) in [5.74, 6) is 0. The molecule has 0 aromatic rings. The number of rotatable bonds is 8. The molecular weight excluding hydrogens is 459 g/mol. The topological polar surface area (TPSA) is 60.5 Å². The number of likely N-dealkylation sites (tertiary alicyclic amines) is 2. The third-order valence-corrected chi connectivity index (χ3v) is 12.3. The largest absolute Gasteiger partial charge is 0.458 e. The normalized spacial score (nSPS) is 28.1. The summed E-state index contributed by atoms with van der Waals surface area (Å²) in [6.45, 7) is 22.0. The van der Waals surface area contributed by atoms with E-state index in [4.69, 9.17) is 18.8 Å². The predicted octanol–water partition coefficient (Wildman–Crippen LogP) is 5.14. The summed E-state index contributed by atoms with van der Waals surface area (Å²) in [6, 6.07) is 0.657. The third kappa shape index (κ3) is 6.83. The Morgan fingerprint density at radius 2 is 1.63 bits per heavy atom. The van der Waals surface area contributed by atoms with Crippen molar-refractivity contribution >= 4 is 21.3 Å². The van der Waals surface area contributed by atoms with Crippen molar-refractivity contribution in [3.63, 3.8) is 0 Å². The van der Waals surface area contributed by atoms with E-state index in [0.717, 1.165) is 45.1 Å². The molecule has 3 aliphatic heterocycles. The molecule has 35 heavy (non-hydrogen) atoms. The van der Waals surface area contributed by atoms with Gasteiger partial charge in [0.25, 0.3) is 0 Å². The van der Waals surface area contributed by atoms with E-state index in [-0.39, 0.29) is 35.9 Å². The smallest absolute Gasteiger partial charge is 0.444 e. The van der Waals surface area contributed by atoms with Crippen molar-refractivity contribution in [2.24, 2.45) is 0 Å². The lowest BCUT2D eigenvalue weighted by Gasteiger charge is -2.40. The molecular formula is C26H51BN2O5Si. The minimum Gasteiger partial charge on any atom is -0.444 e. The Morgan fingerprint density at radius 1 is 1.06 bits per heavy atom. The van der Waals surface area contributed by atoms with Gasteiger partial charge in [0.05, 0.1) is 25.9 Å². The Kier molecular flexibility index (Phi) is 8.80. The van der Waals surface area contributed by atoms with E-state index < -0.39 is 13.7 Å². The molecule has 3 aliphatic rings. The van der Waals surface area contributed by atoms with E-state index >= 15 is 0 Å². The number of carbonyl (C=O) groups excluding carboxylic acids is 1. The molecule has 3 saturated heterocycles. The molecule has 7 nitrogen and oxygen atoms in total. The highest BCUT2D eigenvalue weighted by atomic mass is 28.3. The first-order chi connectivity index (χ1) is 16.1. The minimum absolute atomic E-state index is 0.161. The lowest BCUT2D eigenvalue weighted by molar-refractivity contribution is 0.00578. The Morgan fingerprint density at radius 3 is 2.20 bits per heavy atom. The summed E-state index contributed by atoms with van der Waals surface area (Å²) in [5.41, 5.74) is -0.962. The van der Waals surface area contributed by atoms with Crippen molar-refractivity contribution in [3.05, 3.63) is 0 Å². The van der Waals surface area contributed by atoms with Crippen LogP contribution in [0.25, 0.3) is 0 Å². The van der Waals surface area contributed by atoms with E-state index in [2.05, 4.69) is 45.7 Å². The Balaban J connectivity index is 1.84. The zero-order valence-corrected chi connectivity index (χ0v) is 25.1. The molecule has 3 fully saturated rings. The second kappa shape index (κ2) is 10.6. The van der Waals surface area contributed by atoms with Gasteiger partial charge >= 0.3 is 13.2 Å². The van der Waals surface area contributed by atoms with E-state index in [1.807, 2.05) is 25.7 Å². The van der Waals surface area contributed by atoms with E-state index in [9.17, 15) is 4.79 Å². The van der Waals surface area contributed by atoms with Gasteiger partial charge in [-0.1, -0.05) is 13.1 Å². The van der Waals surface area contributed by atoms with Crippen LogP contribution in [-0.2, 0) is 18.8 Å². The monoisotopic (exact) mass is 510 g/mol. The van der Waals surface area contributed by atoms with Crippen molar-refractivity contribution < 1.29 is 23.6 Å². The van der Waals surface area contributed by atoms with Crippen molar-refractivity contribution in [1.29, 1.82) is 0 Å². The molecule has 3 atom stereocenters. The number of methoxy groups -OCH3 is 1. The molecule has 0 spiro atoms. The fourth-order valence-electron chi connectivity index (χ4n) is 5.91. The van der Waals surface area contributed by atoms with Gasteiger partial charge in [0.1, 0.15) is 5.60 Å². The van der Waals surface area contributed by atoms with Crippen LogP contribution in [0, 0.1) is 0 Å². The molecule has 0 aliphatic carbocycles. The molecule has 0 N–H and O–H groups in total. The minimum atomic E-state index is -1.90. The fourth-order valence-corrected chi connectivity index (χ4v) is 9.39. The number of carbonyl (C=O) groups is 1. The molecule has 202 valence electrons. The standard InChI is InChI=1S/C26H51BN2O5Si/c1-24(2,3)32-23(30)29-16-12-13-20(29)17-22(27-33-25(4,5)26(6,7)34-27)35(9,10)19-28-15-11-14-21(28)18-31-8/h20-22H,11-19H2,1-10H3/t20-,21-,22+/m0/s1. The van der Waals surface area contributed by atoms with Gasteiger partial charge in [-0.3, -0.25) is 0 Å². The van der Waals surface area contributed by atoms with E-state index in [1.165, 1.54) is 12.8 Å². The first-order valence-corrected chi connectivity index (χ1v) is 16.9. The van der Waals surface area contributed by atoms with Crippen molar-refractivity contribution in [3.8, 4) is 0 Å².